The highest BCUT2D eigenvalue weighted by Crippen LogP contribution is 2.21. The number of nitrogens with zero attached hydrogens (tertiary/aromatic N) is 3. The first kappa shape index (κ1) is 15.8. The molecule has 1 aromatic carbocycles. The van der Waals surface area contributed by atoms with Crippen molar-refractivity contribution < 1.29 is 15.1 Å². The number of carbonyl (C=O) groups excluding carboxylic acids is 1. The molecule has 1 saturated heterocycles. The molecule has 0 aromatic heterocycles. The molecule has 4 N–H and O–H groups in total. The summed E-state index contributed by atoms with van der Waals surface area (Å²) in [6.07, 6.45) is 0. The lowest BCUT2D eigenvalue weighted by molar-refractivity contribution is 0.0653. The fourth-order valence-electron chi connectivity index (χ4n) is 2.20. The number of amidine groups is 1. The molecular formula is C13H17IN4O3. The van der Waals surface area contributed by atoms with E-state index in [9.17, 15) is 9.90 Å². The third-order valence-electron chi connectivity index (χ3n) is 3.37. The second kappa shape index (κ2) is 6.94. The lowest BCUT2D eigenvalue weighted by Gasteiger charge is -2.34. The Balaban J connectivity index is 1.95. The highest BCUT2D eigenvalue weighted by atomic mass is 127. The third-order valence-corrected chi connectivity index (χ3v) is 4.28. The van der Waals surface area contributed by atoms with E-state index in [4.69, 9.17) is 10.9 Å². The molecule has 1 aliphatic rings. The van der Waals surface area contributed by atoms with Crippen LogP contribution in [-0.4, -0.2) is 64.6 Å². The summed E-state index contributed by atoms with van der Waals surface area (Å²) in [5.41, 5.74) is 5.95. The molecule has 114 valence electrons. The van der Waals surface area contributed by atoms with E-state index in [0.717, 1.165) is 0 Å². The number of carbonyl (C=O) groups is 1. The molecule has 7 nitrogen and oxygen atoms in total. The van der Waals surface area contributed by atoms with Crippen LogP contribution in [0.25, 0.3) is 0 Å². The summed E-state index contributed by atoms with van der Waals surface area (Å²) in [7, 11) is 0. The van der Waals surface area contributed by atoms with Crippen LogP contribution in [-0.2, 0) is 0 Å². The van der Waals surface area contributed by atoms with Crippen LogP contribution < -0.4 is 5.73 Å². The molecule has 1 aliphatic heterocycles. The summed E-state index contributed by atoms with van der Waals surface area (Å²) in [6, 6.07) is 4.93. The molecule has 8 heteroatoms. The zero-order chi connectivity index (χ0) is 15.4. The summed E-state index contributed by atoms with van der Waals surface area (Å²) in [5, 5.41) is 21.2. The largest absolute Gasteiger partial charge is 0.507 e. The Morgan fingerprint density at radius 2 is 2.00 bits per heavy atom. The van der Waals surface area contributed by atoms with Crippen LogP contribution in [0.4, 0.5) is 0 Å². The molecule has 1 amide bonds. The van der Waals surface area contributed by atoms with Crippen molar-refractivity contribution >= 4 is 34.3 Å². The minimum atomic E-state index is -0.0925. The highest BCUT2D eigenvalue weighted by molar-refractivity contribution is 14.1. The van der Waals surface area contributed by atoms with Crippen molar-refractivity contribution in [3.05, 3.63) is 27.3 Å². The van der Waals surface area contributed by atoms with E-state index >= 15 is 0 Å². The number of phenolic OH excluding ortho intramolecular Hbond substituents is 1. The van der Waals surface area contributed by atoms with Crippen LogP contribution in [0.2, 0.25) is 0 Å². The number of halogens is 1. The fourth-order valence-corrected chi connectivity index (χ4v) is 2.53. The van der Waals surface area contributed by atoms with Crippen LogP contribution in [0, 0.1) is 3.57 Å². The monoisotopic (exact) mass is 404 g/mol. The number of oxime groups is 1. The van der Waals surface area contributed by atoms with Crippen molar-refractivity contribution in [3.63, 3.8) is 0 Å². The van der Waals surface area contributed by atoms with Gasteiger partial charge in [-0.25, -0.2) is 0 Å². The van der Waals surface area contributed by atoms with Gasteiger partial charge in [-0.2, -0.15) is 0 Å². The van der Waals surface area contributed by atoms with Crippen molar-refractivity contribution in [1.82, 2.24) is 9.80 Å². The minimum Gasteiger partial charge on any atom is -0.507 e. The molecule has 0 radical (unpaired) electrons. The number of hydrogen-bond acceptors (Lipinski definition) is 5. The normalized spacial score (nSPS) is 17.0. The van der Waals surface area contributed by atoms with Crippen molar-refractivity contribution in [1.29, 1.82) is 0 Å². The molecule has 21 heavy (non-hydrogen) atoms. The lowest BCUT2D eigenvalue weighted by atomic mass is 10.1. The molecule has 1 heterocycles. The molecule has 0 spiro atoms. The molecular weight excluding hydrogens is 387 g/mol. The summed E-state index contributed by atoms with van der Waals surface area (Å²) in [4.78, 5) is 16.1. The molecule has 0 aliphatic carbocycles. The molecule has 1 fully saturated rings. The Morgan fingerprint density at radius 1 is 1.33 bits per heavy atom. The van der Waals surface area contributed by atoms with Gasteiger partial charge in [-0.1, -0.05) is 5.16 Å². The molecule has 2 rings (SSSR count). The number of aromatic hydroxyl groups is 1. The first-order valence-corrected chi connectivity index (χ1v) is 7.55. The Morgan fingerprint density at radius 3 is 2.57 bits per heavy atom. The van der Waals surface area contributed by atoms with Gasteiger partial charge in [0.05, 0.1) is 10.1 Å². The first-order chi connectivity index (χ1) is 10.0. The molecule has 0 unspecified atom stereocenters. The van der Waals surface area contributed by atoms with Gasteiger partial charge in [0, 0.05) is 31.7 Å². The van der Waals surface area contributed by atoms with Gasteiger partial charge < -0.3 is 20.9 Å². The summed E-state index contributed by atoms with van der Waals surface area (Å²) in [6.45, 7) is 2.87. The number of amides is 1. The first-order valence-electron chi connectivity index (χ1n) is 6.48. The number of nitrogens with two attached hydrogens (primary N) is 1. The fraction of sp³-hybridized carbons (Fsp3) is 0.385. The number of hydrogen-bond donors (Lipinski definition) is 3. The van der Waals surface area contributed by atoms with Gasteiger partial charge >= 0.3 is 0 Å². The maximum atomic E-state index is 12.4. The third kappa shape index (κ3) is 3.97. The van der Waals surface area contributed by atoms with E-state index in [-0.39, 0.29) is 17.5 Å². The van der Waals surface area contributed by atoms with Crippen LogP contribution in [0.15, 0.2) is 23.4 Å². The average molecular weight is 404 g/mol. The van der Waals surface area contributed by atoms with Crippen LogP contribution in [0.1, 0.15) is 10.4 Å². The van der Waals surface area contributed by atoms with E-state index in [1.165, 1.54) is 6.07 Å². The second-order valence-corrected chi connectivity index (χ2v) is 5.99. The van der Waals surface area contributed by atoms with E-state index in [1.54, 1.807) is 17.0 Å². The Bertz CT molecular complexity index is 556. The van der Waals surface area contributed by atoms with Crippen LogP contribution in [0.3, 0.4) is 0 Å². The molecule has 0 atom stereocenters. The second-order valence-electron chi connectivity index (χ2n) is 4.83. The van der Waals surface area contributed by atoms with Gasteiger partial charge in [-0.3, -0.25) is 9.69 Å². The lowest BCUT2D eigenvalue weighted by Crippen LogP contribution is -2.50. The van der Waals surface area contributed by atoms with Gasteiger partial charge in [0.25, 0.3) is 5.91 Å². The highest BCUT2D eigenvalue weighted by Gasteiger charge is 2.23. The zero-order valence-corrected chi connectivity index (χ0v) is 13.5. The zero-order valence-electron chi connectivity index (χ0n) is 11.4. The molecule has 0 saturated carbocycles. The van der Waals surface area contributed by atoms with Crippen molar-refractivity contribution in [2.75, 3.05) is 32.7 Å². The summed E-state index contributed by atoms with van der Waals surface area (Å²) < 4.78 is 0.715. The maximum Gasteiger partial charge on any atom is 0.254 e. The topological polar surface area (TPSA) is 102 Å². The predicted molar refractivity (Wildman–Crippen MR) is 86.6 cm³/mol. The quantitative estimate of drug-likeness (QED) is 0.224. The van der Waals surface area contributed by atoms with Gasteiger partial charge in [-0.05, 0) is 40.8 Å². The van der Waals surface area contributed by atoms with Gasteiger partial charge in [0.1, 0.15) is 5.75 Å². The Kier molecular flexibility index (Phi) is 5.23. The van der Waals surface area contributed by atoms with E-state index < -0.39 is 0 Å². The Labute approximate surface area is 136 Å². The van der Waals surface area contributed by atoms with E-state index in [0.29, 0.717) is 41.9 Å². The van der Waals surface area contributed by atoms with E-state index in [1.807, 2.05) is 27.5 Å². The summed E-state index contributed by atoms with van der Waals surface area (Å²) in [5.74, 6) is 0.189. The van der Waals surface area contributed by atoms with Crippen molar-refractivity contribution in [2.45, 2.75) is 0 Å². The SMILES string of the molecule is N/C(CN1CCN(C(=O)c2ccc(I)c(O)c2)CC1)=N/O. The Hall–Kier alpha value is -1.55. The smallest absolute Gasteiger partial charge is 0.254 e. The van der Waals surface area contributed by atoms with Crippen molar-refractivity contribution in [3.8, 4) is 5.75 Å². The number of piperazine rings is 1. The standard InChI is InChI=1S/C13H17IN4O3/c14-10-2-1-9(7-11(10)19)13(20)18-5-3-17(4-6-18)8-12(15)16-21/h1-2,7,19,21H,3-6,8H2,(H2,15,16). The number of phenols is 1. The van der Waals surface area contributed by atoms with Gasteiger partial charge in [0.2, 0.25) is 0 Å². The van der Waals surface area contributed by atoms with Crippen LogP contribution in [0.5, 0.6) is 5.75 Å². The summed E-state index contributed by atoms with van der Waals surface area (Å²) >= 11 is 2.01. The van der Waals surface area contributed by atoms with E-state index in [2.05, 4.69) is 5.16 Å². The average Bonchev–Trinajstić information content (AvgIpc) is 2.50. The number of rotatable bonds is 3. The van der Waals surface area contributed by atoms with Crippen molar-refractivity contribution in [2.24, 2.45) is 10.9 Å². The molecule has 0 bridgehead atoms. The van der Waals surface area contributed by atoms with Gasteiger partial charge in [-0.15, -0.1) is 0 Å². The minimum absolute atomic E-state index is 0.0925. The predicted octanol–water partition coefficient (Wildman–Crippen LogP) is 0.501. The molecule has 1 aromatic rings. The maximum absolute atomic E-state index is 12.4. The van der Waals surface area contributed by atoms with Gasteiger partial charge in [0.15, 0.2) is 5.84 Å². The number of benzene rings is 1. The van der Waals surface area contributed by atoms with Crippen LogP contribution >= 0.6 is 22.6 Å².